The van der Waals surface area contributed by atoms with E-state index in [0.29, 0.717) is 5.69 Å². The Balaban J connectivity index is 0.00000312. The highest BCUT2D eigenvalue weighted by Gasteiger charge is 2.34. The summed E-state index contributed by atoms with van der Waals surface area (Å²) in [6.45, 7) is 9.86. The molecule has 1 fully saturated rings. The molecule has 3 amide bonds. The average molecular weight is 369 g/mol. The Bertz CT molecular complexity index is 634. The maximum atomic E-state index is 12.1. The van der Waals surface area contributed by atoms with Gasteiger partial charge in [0.05, 0.1) is 6.54 Å². The summed E-state index contributed by atoms with van der Waals surface area (Å²) in [6, 6.07) is 5.32. The number of anilines is 1. The molecular weight excluding hydrogens is 340 g/mol. The zero-order valence-corrected chi connectivity index (χ0v) is 16.2. The van der Waals surface area contributed by atoms with E-state index >= 15 is 0 Å². The van der Waals surface area contributed by atoms with Crippen molar-refractivity contribution < 1.29 is 9.59 Å². The quantitative estimate of drug-likeness (QED) is 0.764. The van der Waals surface area contributed by atoms with Crippen LogP contribution in [0.1, 0.15) is 31.4 Å². The van der Waals surface area contributed by atoms with Crippen LogP contribution in [-0.4, -0.2) is 42.5 Å². The first kappa shape index (κ1) is 21.4. The van der Waals surface area contributed by atoms with E-state index in [0.717, 1.165) is 30.6 Å². The Morgan fingerprint density at radius 1 is 1.32 bits per heavy atom. The fourth-order valence-corrected chi connectivity index (χ4v) is 3.03. The molecule has 1 aromatic carbocycles. The number of nitrogens with two attached hydrogens (primary N) is 1. The number of aryl methyl sites for hydroxylation is 1. The molecule has 0 saturated carbocycles. The van der Waals surface area contributed by atoms with Crippen LogP contribution in [0.5, 0.6) is 0 Å². The van der Waals surface area contributed by atoms with Crippen molar-refractivity contribution in [1.82, 2.24) is 10.2 Å². The van der Waals surface area contributed by atoms with E-state index in [1.807, 2.05) is 36.9 Å². The lowest BCUT2D eigenvalue weighted by molar-refractivity contribution is -0.121. The highest BCUT2D eigenvalue weighted by Crippen LogP contribution is 2.27. The minimum atomic E-state index is -0.498. The minimum absolute atomic E-state index is 0. The van der Waals surface area contributed by atoms with Crippen LogP contribution in [0.2, 0.25) is 0 Å². The first-order chi connectivity index (χ1) is 11.2. The first-order valence-corrected chi connectivity index (χ1v) is 8.34. The Morgan fingerprint density at radius 2 is 2.00 bits per heavy atom. The van der Waals surface area contributed by atoms with E-state index in [9.17, 15) is 9.59 Å². The number of nitrogens with one attached hydrogen (secondary N) is 2. The third-order valence-corrected chi connectivity index (χ3v) is 4.86. The predicted molar refractivity (Wildman–Crippen MR) is 103 cm³/mol. The van der Waals surface area contributed by atoms with Crippen LogP contribution >= 0.6 is 12.4 Å². The van der Waals surface area contributed by atoms with Gasteiger partial charge in [-0.25, -0.2) is 4.79 Å². The van der Waals surface area contributed by atoms with Crippen LogP contribution in [0, 0.1) is 19.3 Å². The molecule has 6 nitrogen and oxygen atoms in total. The van der Waals surface area contributed by atoms with E-state index in [1.165, 1.54) is 0 Å². The van der Waals surface area contributed by atoms with Gasteiger partial charge >= 0.3 is 6.03 Å². The minimum Gasteiger partial charge on any atom is -0.327 e. The summed E-state index contributed by atoms with van der Waals surface area (Å²) < 4.78 is 0. The molecule has 0 bridgehead atoms. The summed E-state index contributed by atoms with van der Waals surface area (Å²) >= 11 is 0. The van der Waals surface area contributed by atoms with Crippen molar-refractivity contribution in [3.8, 4) is 0 Å². The maximum absolute atomic E-state index is 12.1. The summed E-state index contributed by atoms with van der Waals surface area (Å²) in [5.74, 6) is -0.302. The molecule has 1 aromatic rings. The molecule has 2 rings (SSSR count). The summed E-state index contributed by atoms with van der Waals surface area (Å²) in [5, 5.41) is 5.13. The van der Waals surface area contributed by atoms with Gasteiger partial charge in [0, 0.05) is 24.8 Å². The standard InChI is InChI=1S/C18H28N4O2.ClH/c1-12-6-5-7-14(13(12)2)20-17(24)21-16(23)10-22-9-8-15(19)18(3,4)11-22;/h5-7,15H,8-11,19H2,1-4H3,(H2,20,21,23,24);1H. The number of nitrogens with zero attached hydrogens (tertiary/aromatic N) is 1. The number of carbonyl (C=O) groups excluding carboxylic acids is 2. The largest absolute Gasteiger partial charge is 0.327 e. The highest BCUT2D eigenvalue weighted by molar-refractivity contribution is 6.02. The number of amides is 3. The van der Waals surface area contributed by atoms with Gasteiger partial charge in [-0.05, 0) is 42.9 Å². The molecule has 0 aromatic heterocycles. The topological polar surface area (TPSA) is 87.5 Å². The molecule has 0 aliphatic carbocycles. The summed E-state index contributed by atoms with van der Waals surface area (Å²) in [5.41, 5.74) is 8.87. The fraction of sp³-hybridized carbons (Fsp3) is 0.556. The SMILES string of the molecule is Cc1cccc(NC(=O)NC(=O)CN2CCC(N)C(C)(C)C2)c1C.Cl. The van der Waals surface area contributed by atoms with Crippen LogP contribution < -0.4 is 16.4 Å². The Labute approximate surface area is 155 Å². The number of hydrogen-bond donors (Lipinski definition) is 3. The number of benzene rings is 1. The smallest absolute Gasteiger partial charge is 0.325 e. The van der Waals surface area contributed by atoms with E-state index in [-0.39, 0.29) is 36.3 Å². The van der Waals surface area contributed by atoms with E-state index in [2.05, 4.69) is 24.5 Å². The van der Waals surface area contributed by atoms with E-state index in [4.69, 9.17) is 5.73 Å². The van der Waals surface area contributed by atoms with Crippen molar-refractivity contribution in [3.63, 3.8) is 0 Å². The molecule has 4 N–H and O–H groups in total. The third kappa shape index (κ3) is 5.70. The summed E-state index contributed by atoms with van der Waals surface area (Å²) in [6.07, 6.45) is 0.856. The molecule has 1 heterocycles. The van der Waals surface area contributed by atoms with Crippen molar-refractivity contribution >= 4 is 30.0 Å². The zero-order chi connectivity index (χ0) is 17.9. The first-order valence-electron chi connectivity index (χ1n) is 8.34. The number of halogens is 1. The lowest BCUT2D eigenvalue weighted by Gasteiger charge is -2.42. The van der Waals surface area contributed by atoms with E-state index < -0.39 is 6.03 Å². The lowest BCUT2D eigenvalue weighted by Crippen LogP contribution is -2.54. The van der Waals surface area contributed by atoms with Crippen molar-refractivity contribution in [2.75, 3.05) is 25.0 Å². The van der Waals surface area contributed by atoms with Gasteiger partial charge < -0.3 is 11.1 Å². The molecule has 0 radical (unpaired) electrons. The van der Waals surface area contributed by atoms with E-state index in [1.54, 1.807) is 0 Å². The molecule has 1 atom stereocenters. The number of rotatable bonds is 3. The Hall–Kier alpha value is -1.63. The predicted octanol–water partition coefficient (Wildman–Crippen LogP) is 2.43. The molecule has 1 aliphatic heterocycles. The van der Waals surface area contributed by atoms with Crippen molar-refractivity contribution in [2.45, 2.75) is 40.2 Å². The molecular formula is C18H29ClN4O2. The zero-order valence-electron chi connectivity index (χ0n) is 15.4. The number of hydrogen-bond acceptors (Lipinski definition) is 4. The third-order valence-electron chi connectivity index (χ3n) is 4.86. The lowest BCUT2D eigenvalue weighted by atomic mass is 9.80. The summed E-state index contributed by atoms with van der Waals surface area (Å²) in [4.78, 5) is 26.2. The fourth-order valence-electron chi connectivity index (χ4n) is 3.03. The molecule has 25 heavy (non-hydrogen) atoms. The average Bonchev–Trinajstić information content (AvgIpc) is 2.47. The van der Waals surface area contributed by atoms with Crippen molar-refractivity contribution in [3.05, 3.63) is 29.3 Å². The second-order valence-corrected chi connectivity index (χ2v) is 7.34. The van der Waals surface area contributed by atoms with Gasteiger partial charge in [-0.2, -0.15) is 0 Å². The Morgan fingerprint density at radius 3 is 2.64 bits per heavy atom. The van der Waals surface area contributed by atoms with Crippen LogP contribution in [0.25, 0.3) is 0 Å². The molecule has 140 valence electrons. The highest BCUT2D eigenvalue weighted by atomic mass is 35.5. The number of likely N-dealkylation sites (tertiary alicyclic amines) is 1. The number of imide groups is 1. The van der Waals surface area contributed by atoms with Gasteiger partial charge in [0.2, 0.25) is 5.91 Å². The van der Waals surface area contributed by atoms with Crippen LogP contribution in [0.15, 0.2) is 18.2 Å². The van der Waals surface area contributed by atoms with Gasteiger partial charge in [-0.15, -0.1) is 12.4 Å². The monoisotopic (exact) mass is 368 g/mol. The second kappa shape index (κ2) is 8.65. The number of piperidine rings is 1. The normalized spacial score (nSPS) is 19.6. The van der Waals surface area contributed by atoms with Gasteiger partial charge in [0.15, 0.2) is 0 Å². The van der Waals surface area contributed by atoms with Gasteiger partial charge in [0.25, 0.3) is 0 Å². The van der Waals surface area contributed by atoms with Crippen LogP contribution in [-0.2, 0) is 4.79 Å². The van der Waals surface area contributed by atoms with Gasteiger partial charge in [-0.3, -0.25) is 15.0 Å². The van der Waals surface area contributed by atoms with Crippen molar-refractivity contribution in [2.24, 2.45) is 11.1 Å². The van der Waals surface area contributed by atoms with Gasteiger partial charge in [-0.1, -0.05) is 26.0 Å². The Kier molecular flexibility index (Phi) is 7.41. The molecule has 1 aliphatic rings. The molecule has 1 saturated heterocycles. The van der Waals surface area contributed by atoms with Crippen LogP contribution in [0.4, 0.5) is 10.5 Å². The molecule has 7 heteroatoms. The van der Waals surface area contributed by atoms with Gasteiger partial charge in [0.1, 0.15) is 0 Å². The number of urea groups is 1. The molecule has 1 unspecified atom stereocenters. The summed E-state index contributed by atoms with van der Waals surface area (Å²) in [7, 11) is 0. The van der Waals surface area contributed by atoms with Crippen molar-refractivity contribution in [1.29, 1.82) is 0 Å². The second-order valence-electron chi connectivity index (χ2n) is 7.34. The maximum Gasteiger partial charge on any atom is 0.325 e. The molecule has 0 spiro atoms. The van der Waals surface area contributed by atoms with Crippen LogP contribution in [0.3, 0.4) is 0 Å². The number of carbonyl (C=O) groups is 2.